The van der Waals surface area contributed by atoms with Crippen LogP contribution in [0.2, 0.25) is 0 Å². The second kappa shape index (κ2) is 5.19. The summed E-state index contributed by atoms with van der Waals surface area (Å²) in [6.45, 7) is 5.24. The first-order chi connectivity index (χ1) is 6.24. The molecule has 1 aliphatic rings. The van der Waals surface area contributed by atoms with Gasteiger partial charge in [0, 0.05) is 12.6 Å². The van der Waals surface area contributed by atoms with Crippen molar-refractivity contribution in [1.82, 2.24) is 4.90 Å². The van der Waals surface area contributed by atoms with E-state index in [0.717, 1.165) is 26.1 Å². The molecule has 1 atom stereocenters. The highest BCUT2D eigenvalue weighted by atomic mass is 16.5. The predicted molar refractivity (Wildman–Crippen MR) is 48.7 cm³/mol. The van der Waals surface area contributed by atoms with Crippen molar-refractivity contribution in [2.24, 2.45) is 0 Å². The van der Waals surface area contributed by atoms with E-state index in [4.69, 9.17) is 9.84 Å². The second-order valence-electron chi connectivity index (χ2n) is 3.36. The molecule has 1 fully saturated rings. The molecule has 76 valence electrons. The zero-order chi connectivity index (χ0) is 9.68. The van der Waals surface area contributed by atoms with Gasteiger partial charge in [0.05, 0.1) is 19.6 Å². The van der Waals surface area contributed by atoms with Gasteiger partial charge in [0.15, 0.2) is 0 Å². The van der Waals surface area contributed by atoms with Crippen molar-refractivity contribution in [3.63, 3.8) is 0 Å². The maximum atomic E-state index is 10.5. The maximum Gasteiger partial charge on any atom is 0.305 e. The summed E-state index contributed by atoms with van der Waals surface area (Å²) in [5, 5.41) is 8.67. The molecule has 1 saturated heterocycles. The quantitative estimate of drug-likeness (QED) is 0.699. The first-order valence-electron chi connectivity index (χ1n) is 4.77. The number of ether oxygens (including phenoxy) is 1. The van der Waals surface area contributed by atoms with Crippen LogP contribution < -0.4 is 0 Å². The number of aliphatic carboxylic acids is 1. The highest BCUT2D eigenvalue weighted by Crippen LogP contribution is 2.10. The Bertz CT molecular complexity index is 170. The summed E-state index contributed by atoms with van der Waals surface area (Å²) in [6, 6.07) is 0.0752. The lowest BCUT2D eigenvalue weighted by Crippen LogP contribution is -2.46. The van der Waals surface area contributed by atoms with E-state index in [1.165, 1.54) is 0 Å². The third kappa shape index (κ3) is 3.32. The number of rotatable bonds is 4. The molecule has 0 radical (unpaired) electrons. The van der Waals surface area contributed by atoms with E-state index in [0.29, 0.717) is 6.61 Å². The van der Waals surface area contributed by atoms with Crippen LogP contribution >= 0.6 is 0 Å². The smallest absolute Gasteiger partial charge is 0.305 e. The number of carboxylic acids is 1. The maximum absolute atomic E-state index is 10.5. The molecule has 0 aliphatic carbocycles. The van der Waals surface area contributed by atoms with Crippen LogP contribution in [0.5, 0.6) is 0 Å². The molecule has 0 aromatic carbocycles. The molecule has 4 nitrogen and oxygen atoms in total. The van der Waals surface area contributed by atoms with Crippen molar-refractivity contribution in [2.75, 3.05) is 26.3 Å². The van der Waals surface area contributed by atoms with Gasteiger partial charge in [-0.2, -0.15) is 0 Å². The van der Waals surface area contributed by atoms with E-state index < -0.39 is 5.97 Å². The SMILES string of the molecule is CCCN1CCOCC1CC(=O)O. The molecule has 1 unspecified atom stereocenters. The molecule has 1 rings (SSSR count). The minimum atomic E-state index is -0.739. The lowest BCUT2D eigenvalue weighted by molar-refractivity contribution is -0.140. The van der Waals surface area contributed by atoms with Crippen molar-refractivity contribution in [2.45, 2.75) is 25.8 Å². The summed E-state index contributed by atoms with van der Waals surface area (Å²) in [5.41, 5.74) is 0. The Hall–Kier alpha value is -0.610. The van der Waals surface area contributed by atoms with E-state index in [9.17, 15) is 4.79 Å². The fourth-order valence-corrected chi connectivity index (χ4v) is 1.66. The molecule has 0 saturated carbocycles. The molecule has 0 aromatic rings. The van der Waals surface area contributed by atoms with Gasteiger partial charge in [0.2, 0.25) is 0 Å². The van der Waals surface area contributed by atoms with Crippen molar-refractivity contribution < 1.29 is 14.6 Å². The lowest BCUT2D eigenvalue weighted by atomic mass is 10.1. The molecule has 0 spiro atoms. The van der Waals surface area contributed by atoms with Crippen molar-refractivity contribution in [3.8, 4) is 0 Å². The molecule has 0 amide bonds. The first-order valence-corrected chi connectivity index (χ1v) is 4.77. The van der Waals surface area contributed by atoms with E-state index >= 15 is 0 Å². The molecule has 1 aliphatic heterocycles. The summed E-state index contributed by atoms with van der Waals surface area (Å²) < 4.78 is 5.25. The normalized spacial score (nSPS) is 24.5. The van der Waals surface area contributed by atoms with Gasteiger partial charge in [0.25, 0.3) is 0 Å². The van der Waals surface area contributed by atoms with Gasteiger partial charge in [-0.1, -0.05) is 6.92 Å². The minimum absolute atomic E-state index is 0.0752. The molecule has 0 bridgehead atoms. The fourth-order valence-electron chi connectivity index (χ4n) is 1.66. The second-order valence-corrected chi connectivity index (χ2v) is 3.36. The van der Waals surface area contributed by atoms with Gasteiger partial charge in [-0.05, 0) is 13.0 Å². The lowest BCUT2D eigenvalue weighted by Gasteiger charge is -2.34. The highest BCUT2D eigenvalue weighted by Gasteiger charge is 2.24. The van der Waals surface area contributed by atoms with Crippen LogP contribution in [0.1, 0.15) is 19.8 Å². The number of hydrogen-bond donors (Lipinski definition) is 1. The van der Waals surface area contributed by atoms with Crippen molar-refractivity contribution in [3.05, 3.63) is 0 Å². The zero-order valence-electron chi connectivity index (χ0n) is 8.03. The molecule has 1 heterocycles. The van der Waals surface area contributed by atoms with Crippen LogP contribution in [0.25, 0.3) is 0 Å². The molecule has 0 aromatic heterocycles. The van der Waals surface area contributed by atoms with Crippen LogP contribution in [-0.4, -0.2) is 48.3 Å². The van der Waals surface area contributed by atoms with Gasteiger partial charge in [0.1, 0.15) is 0 Å². The third-order valence-corrected chi connectivity index (χ3v) is 2.27. The largest absolute Gasteiger partial charge is 0.481 e. The van der Waals surface area contributed by atoms with E-state index in [2.05, 4.69) is 11.8 Å². The van der Waals surface area contributed by atoms with Crippen molar-refractivity contribution >= 4 is 5.97 Å². The molecule has 13 heavy (non-hydrogen) atoms. The Morgan fingerprint density at radius 3 is 3.08 bits per heavy atom. The van der Waals surface area contributed by atoms with Crippen LogP contribution in [0, 0.1) is 0 Å². The highest BCUT2D eigenvalue weighted by molar-refractivity contribution is 5.67. The Morgan fingerprint density at radius 1 is 1.69 bits per heavy atom. The number of carboxylic acid groups (broad SMARTS) is 1. The monoisotopic (exact) mass is 187 g/mol. The van der Waals surface area contributed by atoms with Gasteiger partial charge in [-0.25, -0.2) is 0 Å². The standard InChI is InChI=1S/C9H17NO3/c1-2-3-10-4-5-13-7-8(10)6-9(11)12/h8H,2-7H2,1H3,(H,11,12). The summed E-state index contributed by atoms with van der Waals surface area (Å²) in [7, 11) is 0. The minimum Gasteiger partial charge on any atom is -0.481 e. The van der Waals surface area contributed by atoms with Gasteiger partial charge in [-0.15, -0.1) is 0 Å². The van der Waals surface area contributed by atoms with E-state index in [1.54, 1.807) is 0 Å². The Balaban J connectivity index is 2.41. The van der Waals surface area contributed by atoms with Gasteiger partial charge >= 0.3 is 5.97 Å². The number of nitrogens with zero attached hydrogens (tertiary/aromatic N) is 1. The fraction of sp³-hybridized carbons (Fsp3) is 0.889. The average Bonchev–Trinajstić information content (AvgIpc) is 2.08. The topological polar surface area (TPSA) is 49.8 Å². The van der Waals surface area contributed by atoms with Crippen LogP contribution in [0.3, 0.4) is 0 Å². The molecule has 1 N–H and O–H groups in total. The van der Waals surface area contributed by atoms with Crippen molar-refractivity contribution in [1.29, 1.82) is 0 Å². The summed E-state index contributed by atoms with van der Waals surface area (Å²) >= 11 is 0. The van der Waals surface area contributed by atoms with Gasteiger partial charge in [-0.3, -0.25) is 9.69 Å². The van der Waals surface area contributed by atoms with Crippen LogP contribution in [0.15, 0.2) is 0 Å². The summed E-state index contributed by atoms with van der Waals surface area (Å²) in [5.74, 6) is -0.739. The zero-order valence-corrected chi connectivity index (χ0v) is 8.03. The average molecular weight is 187 g/mol. The number of hydrogen-bond acceptors (Lipinski definition) is 3. The van der Waals surface area contributed by atoms with E-state index in [1.807, 2.05) is 0 Å². The Morgan fingerprint density at radius 2 is 2.46 bits per heavy atom. The Labute approximate surface area is 78.5 Å². The molecular weight excluding hydrogens is 170 g/mol. The van der Waals surface area contributed by atoms with Crippen LogP contribution in [0.4, 0.5) is 0 Å². The third-order valence-electron chi connectivity index (χ3n) is 2.27. The number of morpholine rings is 1. The van der Waals surface area contributed by atoms with E-state index in [-0.39, 0.29) is 12.5 Å². The van der Waals surface area contributed by atoms with Crippen LogP contribution in [-0.2, 0) is 9.53 Å². The predicted octanol–water partition coefficient (Wildman–Crippen LogP) is 0.572. The summed E-state index contributed by atoms with van der Waals surface area (Å²) in [6.07, 6.45) is 1.26. The summed E-state index contributed by atoms with van der Waals surface area (Å²) in [4.78, 5) is 12.7. The molecular formula is C9H17NO3. The molecule has 4 heteroatoms. The number of carbonyl (C=O) groups is 1. The Kier molecular flexibility index (Phi) is 4.18. The van der Waals surface area contributed by atoms with Gasteiger partial charge < -0.3 is 9.84 Å². The first kappa shape index (κ1) is 10.5.